The fourth-order valence-electron chi connectivity index (χ4n) is 1.71. The van der Waals surface area contributed by atoms with E-state index in [0.29, 0.717) is 31.0 Å². The topological polar surface area (TPSA) is 111 Å². The molecule has 2 amide bonds. The van der Waals surface area contributed by atoms with Crippen molar-refractivity contribution in [2.75, 3.05) is 26.2 Å². The van der Waals surface area contributed by atoms with Gasteiger partial charge in [0.15, 0.2) is 0 Å². The van der Waals surface area contributed by atoms with Crippen LogP contribution >= 0.6 is 0 Å². The van der Waals surface area contributed by atoms with Crippen molar-refractivity contribution in [3.63, 3.8) is 0 Å². The minimum atomic E-state index is -0.412. The van der Waals surface area contributed by atoms with Crippen LogP contribution in [0.4, 0.5) is 0 Å². The quantitative estimate of drug-likeness (QED) is 0.337. The number of hydrazine groups is 1. The van der Waals surface area contributed by atoms with Crippen molar-refractivity contribution in [1.29, 1.82) is 0 Å². The molecule has 0 aliphatic carbocycles. The van der Waals surface area contributed by atoms with Crippen LogP contribution in [-0.2, 0) is 4.79 Å². The largest absolute Gasteiger partial charge is 0.491 e. The maximum absolute atomic E-state index is 11.5. The predicted molar refractivity (Wildman–Crippen MR) is 74.9 cm³/mol. The number of nitrogens with one attached hydrogen (secondary N) is 1. The van der Waals surface area contributed by atoms with Crippen molar-refractivity contribution in [1.82, 2.24) is 10.3 Å². The summed E-state index contributed by atoms with van der Waals surface area (Å²) in [5.74, 6) is 4.77. The van der Waals surface area contributed by atoms with Gasteiger partial charge >= 0.3 is 0 Å². The maximum Gasteiger partial charge on any atom is 0.268 e. The van der Waals surface area contributed by atoms with Crippen LogP contribution in [0.2, 0.25) is 0 Å². The number of nitrogens with two attached hydrogens (primary N) is 2. The van der Waals surface area contributed by atoms with Crippen LogP contribution in [0.3, 0.4) is 0 Å². The van der Waals surface area contributed by atoms with Gasteiger partial charge in [-0.1, -0.05) is 19.1 Å². The van der Waals surface area contributed by atoms with E-state index in [1.165, 1.54) is 0 Å². The summed E-state index contributed by atoms with van der Waals surface area (Å²) in [5, 5.41) is 0. The zero-order valence-electron chi connectivity index (χ0n) is 11.5. The van der Waals surface area contributed by atoms with Crippen LogP contribution in [0.25, 0.3) is 0 Å². The molecule has 0 fully saturated rings. The summed E-state index contributed by atoms with van der Waals surface area (Å²) >= 11 is 0. The third-order valence-corrected chi connectivity index (χ3v) is 2.75. The van der Waals surface area contributed by atoms with Gasteiger partial charge in [-0.25, -0.2) is 5.84 Å². The number of para-hydroxylation sites is 1. The highest BCUT2D eigenvalue weighted by atomic mass is 16.5. The van der Waals surface area contributed by atoms with E-state index in [1.54, 1.807) is 24.3 Å². The molecule has 0 aromatic heterocycles. The molecular formula is C13H20N4O3. The SMILES string of the molecule is CCN(CCOc1ccccc1C(=O)NN)CC(N)=O. The van der Waals surface area contributed by atoms with E-state index in [1.807, 2.05) is 11.8 Å². The highest BCUT2D eigenvalue weighted by Crippen LogP contribution is 2.17. The van der Waals surface area contributed by atoms with Crippen molar-refractivity contribution in [2.24, 2.45) is 11.6 Å². The number of primary amides is 1. The van der Waals surface area contributed by atoms with Gasteiger partial charge in [-0.2, -0.15) is 0 Å². The molecule has 0 spiro atoms. The Morgan fingerprint density at radius 3 is 2.65 bits per heavy atom. The van der Waals surface area contributed by atoms with E-state index < -0.39 is 5.91 Å². The summed E-state index contributed by atoms with van der Waals surface area (Å²) in [6, 6.07) is 6.81. The molecule has 0 radical (unpaired) electrons. The molecule has 1 rings (SSSR count). The van der Waals surface area contributed by atoms with Crippen LogP contribution in [0.5, 0.6) is 5.75 Å². The van der Waals surface area contributed by atoms with E-state index in [2.05, 4.69) is 5.43 Å². The van der Waals surface area contributed by atoms with Crippen LogP contribution in [0.1, 0.15) is 17.3 Å². The number of nitrogen functional groups attached to an aromatic ring is 1. The summed E-state index contributed by atoms with van der Waals surface area (Å²) in [6.45, 7) is 3.69. The van der Waals surface area contributed by atoms with Gasteiger partial charge in [0.25, 0.3) is 5.91 Å². The summed E-state index contributed by atoms with van der Waals surface area (Å²) in [6.07, 6.45) is 0. The van der Waals surface area contributed by atoms with Crippen molar-refractivity contribution in [3.05, 3.63) is 29.8 Å². The number of benzene rings is 1. The zero-order chi connectivity index (χ0) is 15.0. The smallest absolute Gasteiger partial charge is 0.268 e. The molecule has 110 valence electrons. The Hall–Kier alpha value is -2.12. The van der Waals surface area contributed by atoms with Gasteiger partial charge in [0, 0.05) is 6.54 Å². The first-order valence-corrected chi connectivity index (χ1v) is 6.32. The molecule has 0 aliphatic heterocycles. The Morgan fingerprint density at radius 1 is 1.35 bits per heavy atom. The second-order valence-electron chi connectivity index (χ2n) is 4.15. The molecule has 0 aliphatic rings. The Morgan fingerprint density at radius 2 is 2.05 bits per heavy atom. The van der Waals surface area contributed by atoms with Gasteiger partial charge < -0.3 is 10.5 Å². The Bertz CT molecular complexity index is 465. The second-order valence-corrected chi connectivity index (χ2v) is 4.15. The van der Waals surface area contributed by atoms with E-state index in [0.717, 1.165) is 0 Å². The van der Waals surface area contributed by atoms with Gasteiger partial charge in [0.05, 0.1) is 12.1 Å². The molecule has 0 unspecified atom stereocenters. The summed E-state index contributed by atoms with van der Waals surface area (Å²) in [5.41, 5.74) is 7.58. The number of amides is 2. The number of ether oxygens (including phenoxy) is 1. The van der Waals surface area contributed by atoms with E-state index in [9.17, 15) is 9.59 Å². The summed E-state index contributed by atoms with van der Waals surface area (Å²) < 4.78 is 5.56. The first-order chi connectivity index (χ1) is 9.58. The lowest BCUT2D eigenvalue weighted by Crippen LogP contribution is -2.36. The molecule has 0 saturated heterocycles. The normalized spacial score (nSPS) is 10.3. The number of carbonyl (C=O) groups excluding carboxylic acids is 2. The van der Waals surface area contributed by atoms with Crippen molar-refractivity contribution in [2.45, 2.75) is 6.92 Å². The molecule has 7 heteroatoms. The average molecular weight is 280 g/mol. The molecule has 20 heavy (non-hydrogen) atoms. The van der Waals surface area contributed by atoms with Gasteiger partial charge in [-0.05, 0) is 18.7 Å². The Labute approximate surface area is 117 Å². The molecule has 1 aromatic rings. The predicted octanol–water partition coefficient (Wildman–Crippen LogP) is -0.524. The third-order valence-electron chi connectivity index (χ3n) is 2.75. The van der Waals surface area contributed by atoms with Crippen LogP contribution < -0.4 is 21.7 Å². The van der Waals surface area contributed by atoms with Crippen molar-refractivity contribution >= 4 is 11.8 Å². The fourth-order valence-corrected chi connectivity index (χ4v) is 1.71. The molecule has 0 atom stereocenters. The average Bonchev–Trinajstić information content (AvgIpc) is 2.45. The van der Waals surface area contributed by atoms with Gasteiger partial charge in [-0.15, -0.1) is 0 Å². The number of rotatable bonds is 8. The lowest BCUT2D eigenvalue weighted by atomic mass is 10.2. The molecule has 0 bridgehead atoms. The molecule has 7 nitrogen and oxygen atoms in total. The molecule has 0 saturated carbocycles. The minimum absolute atomic E-state index is 0.185. The van der Waals surface area contributed by atoms with Gasteiger partial charge in [0.1, 0.15) is 12.4 Å². The molecule has 1 aromatic carbocycles. The summed E-state index contributed by atoms with van der Waals surface area (Å²) in [7, 11) is 0. The fraction of sp³-hybridized carbons (Fsp3) is 0.385. The molecule has 5 N–H and O–H groups in total. The third kappa shape index (κ3) is 4.87. The first kappa shape index (κ1) is 15.9. The number of likely N-dealkylation sites (N-methyl/N-ethyl adjacent to an activating group) is 1. The van der Waals surface area contributed by atoms with Crippen molar-refractivity contribution in [3.8, 4) is 5.75 Å². The highest BCUT2D eigenvalue weighted by Gasteiger charge is 2.11. The van der Waals surface area contributed by atoms with E-state index in [-0.39, 0.29) is 12.5 Å². The molecular weight excluding hydrogens is 260 g/mol. The van der Waals surface area contributed by atoms with Crippen molar-refractivity contribution < 1.29 is 14.3 Å². The number of hydrogen-bond donors (Lipinski definition) is 3. The Kier molecular flexibility index (Phi) is 6.48. The van der Waals surface area contributed by atoms with Gasteiger partial charge in [0.2, 0.25) is 5.91 Å². The monoisotopic (exact) mass is 280 g/mol. The van der Waals surface area contributed by atoms with E-state index >= 15 is 0 Å². The minimum Gasteiger partial charge on any atom is -0.491 e. The first-order valence-electron chi connectivity index (χ1n) is 6.32. The maximum atomic E-state index is 11.5. The molecule has 0 heterocycles. The number of hydrogen-bond acceptors (Lipinski definition) is 5. The van der Waals surface area contributed by atoms with E-state index in [4.69, 9.17) is 16.3 Å². The van der Waals surface area contributed by atoms with Crippen LogP contribution in [-0.4, -0.2) is 43.0 Å². The number of carbonyl (C=O) groups is 2. The lowest BCUT2D eigenvalue weighted by Gasteiger charge is -2.19. The highest BCUT2D eigenvalue weighted by molar-refractivity contribution is 5.96. The summed E-state index contributed by atoms with van der Waals surface area (Å²) in [4.78, 5) is 24.3. The zero-order valence-corrected chi connectivity index (χ0v) is 11.5. The standard InChI is InChI=1S/C13H20N4O3/c1-2-17(9-12(14)18)7-8-20-11-6-4-3-5-10(11)13(19)16-15/h3-6H,2,7-9,15H2,1H3,(H2,14,18)(H,16,19). The second kappa shape index (κ2) is 8.13. The Balaban J connectivity index is 2.57. The van der Waals surface area contributed by atoms with Gasteiger partial charge in [-0.3, -0.25) is 19.9 Å². The van der Waals surface area contributed by atoms with Crippen LogP contribution in [0, 0.1) is 0 Å². The lowest BCUT2D eigenvalue weighted by molar-refractivity contribution is -0.119. The number of nitrogens with zero attached hydrogens (tertiary/aromatic N) is 1. The van der Waals surface area contributed by atoms with Crippen LogP contribution in [0.15, 0.2) is 24.3 Å².